The number of anilines is 1. The molecule has 0 radical (unpaired) electrons. The summed E-state index contributed by atoms with van der Waals surface area (Å²) >= 11 is 1.13. The lowest BCUT2D eigenvalue weighted by atomic mass is 10.2. The molecule has 1 heterocycles. The molecule has 1 amide bonds. The number of amides is 1. The number of hydrogen-bond donors (Lipinski definition) is 3. The van der Waals surface area contributed by atoms with Crippen LogP contribution in [0.5, 0.6) is 0 Å². The molecule has 0 aliphatic rings. The number of nitrogens with two attached hydrogens (primary N) is 1. The number of hydrogen-bond acceptors (Lipinski definition) is 6. The van der Waals surface area contributed by atoms with Gasteiger partial charge in [0.1, 0.15) is 5.51 Å². The molecule has 0 aromatic carbocycles. The van der Waals surface area contributed by atoms with Gasteiger partial charge in [-0.25, -0.2) is 0 Å². The van der Waals surface area contributed by atoms with Crippen LogP contribution in [0.2, 0.25) is 0 Å². The highest BCUT2D eigenvalue weighted by Crippen LogP contribution is 2.08. The number of nitrogens with zero attached hydrogens (tertiary/aromatic N) is 2. The van der Waals surface area contributed by atoms with Gasteiger partial charge in [-0.05, 0) is 0 Å². The summed E-state index contributed by atoms with van der Waals surface area (Å²) in [7, 11) is 0. The van der Waals surface area contributed by atoms with E-state index in [2.05, 4.69) is 15.5 Å². The number of carboxylic acid groups (broad SMARTS) is 1. The highest BCUT2D eigenvalue weighted by molar-refractivity contribution is 7.13. The molecule has 1 rings (SSSR count). The maximum atomic E-state index is 11.2. The minimum Gasteiger partial charge on any atom is -0.481 e. The van der Waals surface area contributed by atoms with Gasteiger partial charge in [-0.2, -0.15) is 0 Å². The van der Waals surface area contributed by atoms with Gasteiger partial charge in [0.15, 0.2) is 0 Å². The first-order valence-corrected chi connectivity index (χ1v) is 4.52. The Balaban J connectivity index is 2.46. The molecule has 0 saturated carbocycles. The van der Waals surface area contributed by atoms with E-state index < -0.39 is 24.3 Å². The first-order chi connectivity index (χ1) is 6.59. The average Bonchev–Trinajstić information content (AvgIpc) is 2.55. The number of carbonyl (C=O) groups excluding carboxylic acids is 1. The number of aromatic nitrogens is 2. The monoisotopic (exact) mass is 216 g/mol. The van der Waals surface area contributed by atoms with E-state index in [4.69, 9.17) is 10.8 Å². The van der Waals surface area contributed by atoms with Gasteiger partial charge in [-0.3, -0.25) is 14.9 Å². The molecule has 1 atom stereocenters. The van der Waals surface area contributed by atoms with Gasteiger partial charge in [-0.1, -0.05) is 11.3 Å². The fraction of sp³-hybridized carbons (Fsp3) is 0.333. The van der Waals surface area contributed by atoms with Crippen LogP contribution in [0.25, 0.3) is 0 Å². The standard InChI is InChI=1S/C6H8N4O3S/c7-3(1-4(11)12)5(13)9-6-10-8-2-14-6/h2-3H,1,7H2,(H,11,12)(H,9,10,13)/t3-/m0/s1. The number of nitrogens with one attached hydrogen (secondary N) is 1. The maximum Gasteiger partial charge on any atom is 0.305 e. The van der Waals surface area contributed by atoms with Gasteiger partial charge in [0.25, 0.3) is 0 Å². The Bertz CT molecular complexity index is 326. The van der Waals surface area contributed by atoms with Crippen molar-refractivity contribution in [2.75, 3.05) is 5.32 Å². The predicted octanol–water partition coefficient (Wildman–Crippen LogP) is -0.721. The van der Waals surface area contributed by atoms with E-state index in [1.165, 1.54) is 5.51 Å². The zero-order valence-electron chi connectivity index (χ0n) is 7.01. The van der Waals surface area contributed by atoms with Crippen LogP contribution in [0.3, 0.4) is 0 Å². The Kier molecular flexibility index (Phi) is 3.48. The Morgan fingerprint density at radius 2 is 2.43 bits per heavy atom. The topological polar surface area (TPSA) is 118 Å². The third-order valence-electron chi connectivity index (χ3n) is 1.32. The van der Waals surface area contributed by atoms with Gasteiger partial charge in [0, 0.05) is 0 Å². The van der Waals surface area contributed by atoms with Gasteiger partial charge < -0.3 is 10.8 Å². The summed E-state index contributed by atoms with van der Waals surface area (Å²) in [6, 6.07) is -1.07. The molecular formula is C6H8N4O3S. The van der Waals surface area contributed by atoms with Crippen molar-refractivity contribution in [2.24, 2.45) is 5.73 Å². The Labute approximate surface area is 82.9 Å². The number of aliphatic carboxylic acids is 1. The SMILES string of the molecule is N[C@@H](CC(=O)O)C(=O)Nc1nncs1. The lowest BCUT2D eigenvalue weighted by Gasteiger charge is -2.06. The van der Waals surface area contributed by atoms with Crippen LogP contribution in [0, 0.1) is 0 Å². The van der Waals surface area contributed by atoms with Crippen molar-refractivity contribution in [2.45, 2.75) is 12.5 Å². The molecule has 0 saturated heterocycles. The molecule has 0 bridgehead atoms. The van der Waals surface area contributed by atoms with Crippen LogP contribution in [0.15, 0.2) is 5.51 Å². The van der Waals surface area contributed by atoms with E-state index >= 15 is 0 Å². The van der Waals surface area contributed by atoms with E-state index in [1.54, 1.807) is 0 Å². The highest BCUT2D eigenvalue weighted by Gasteiger charge is 2.17. The summed E-state index contributed by atoms with van der Waals surface area (Å²) < 4.78 is 0. The van der Waals surface area contributed by atoms with E-state index in [-0.39, 0.29) is 0 Å². The Hall–Kier alpha value is -1.54. The summed E-state index contributed by atoms with van der Waals surface area (Å²) in [5.74, 6) is -1.70. The molecular weight excluding hydrogens is 208 g/mol. The fourth-order valence-corrected chi connectivity index (χ4v) is 1.15. The van der Waals surface area contributed by atoms with Crippen LogP contribution in [-0.2, 0) is 9.59 Å². The number of carboxylic acids is 1. The Morgan fingerprint density at radius 1 is 1.71 bits per heavy atom. The molecule has 7 nitrogen and oxygen atoms in total. The first kappa shape index (κ1) is 10.5. The van der Waals surface area contributed by atoms with Crippen molar-refractivity contribution in [3.63, 3.8) is 0 Å². The molecule has 0 unspecified atom stereocenters. The predicted molar refractivity (Wildman–Crippen MR) is 48.8 cm³/mol. The molecule has 0 spiro atoms. The summed E-state index contributed by atoms with van der Waals surface area (Å²) in [5, 5.41) is 18.1. The summed E-state index contributed by atoms with van der Waals surface area (Å²) in [5.41, 5.74) is 6.74. The summed E-state index contributed by atoms with van der Waals surface area (Å²) in [4.78, 5) is 21.4. The number of rotatable bonds is 4. The maximum absolute atomic E-state index is 11.2. The van der Waals surface area contributed by atoms with E-state index in [0.29, 0.717) is 5.13 Å². The summed E-state index contributed by atoms with van der Waals surface area (Å²) in [6.45, 7) is 0. The zero-order valence-corrected chi connectivity index (χ0v) is 7.82. The summed E-state index contributed by atoms with van der Waals surface area (Å²) in [6.07, 6.45) is -0.412. The molecule has 1 aromatic heterocycles. The van der Waals surface area contributed by atoms with Crippen LogP contribution < -0.4 is 11.1 Å². The Morgan fingerprint density at radius 3 is 2.93 bits per heavy atom. The third-order valence-corrected chi connectivity index (χ3v) is 1.93. The second-order valence-electron chi connectivity index (χ2n) is 2.44. The molecule has 14 heavy (non-hydrogen) atoms. The lowest BCUT2D eigenvalue weighted by Crippen LogP contribution is -2.37. The van der Waals surface area contributed by atoms with Crippen molar-refractivity contribution in [3.8, 4) is 0 Å². The largest absolute Gasteiger partial charge is 0.481 e. The third kappa shape index (κ3) is 3.07. The van der Waals surface area contributed by atoms with Gasteiger partial charge in [-0.15, -0.1) is 10.2 Å². The van der Waals surface area contributed by atoms with Gasteiger partial charge in [0.2, 0.25) is 11.0 Å². The molecule has 76 valence electrons. The van der Waals surface area contributed by atoms with E-state index in [0.717, 1.165) is 11.3 Å². The normalized spacial score (nSPS) is 12.1. The molecule has 1 aromatic rings. The lowest BCUT2D eigenvalue weighted by molar-refractivity contribution is -0.138. The van der Waals surface area contributed by atoms with E-state index in [9.17, 15) is 9.59 Å². The molecule has 4 N–H and O–H groups in total. The molecule has 0 aliphatic heterocycles. The van der Waals surface area contributed by atoms with Crippen LogP contribution >= 0.6 is 11.3 Å². The molecule has 0 fully saturated rings. The second kappa shape index (κ2) is 4.63. The number of carbonyl (C=O) groups is 2. The van der Waals surface area contributed by atoms with Crippen LogP contribution in [0.4, 0.5) is 5.13 Å². The molecule has 8 heteroatoms. The van der Waals surface area contributed by atoms with Crippen molar-refractivity contribution in [1.82, 2.24) is 10.2 Å². The van der Waals surface area contributed by atoms with Gasteiger partial charge in [0.05, 0.1) is 12.5 Å². The average molecular weight is 216 g/mol. The van der Waals surface area contributed by atoms with Crippen LogP contribution in [-0.4, -0.2) is 33.2 Å². The zero-order chi connectivity index (χ0) is 10.6. The first-order valence-electron chi connectivity index (χ1n) is 3.64. The smallest absolute Gasteiger partial charge is 0.305 e. The minimum atomic E-state index is -1.12. The minimum absolute atomic E-state index is 0.302. The van der Waals surface area contributed by atoms with Crippen molar-refractivity contribution >= 4 is 28.3 Å². The van der Waals surface area contributed by atoms with E-state index in [1.807, 2.05) is 0 Å². The van der Waals surface area contributed by atoms with Crippen molar-refractivity contribution in [3.05, 3.63) is 5.51 Å². The fourth-order valence-electron chi connectivity index (χ4n) is 0.706. The van der Waals surface area contributed by atoms with Crippen molar-refractivity contribution in [1.29, 1.82) is 0 Å². The van der Waals surface area contributed by atoms with Crippen molar-refractivity contribution < 1.29 is 14.7 Å². The second-order valence-corrected chi connectivity index (χ2v) is 3.27. The van der Waals surface area contributed by atoms with Gasteiger partial charge >= 0.3 is 5.97 Å². The molecule has 0 aliphatic carbocycles. The quantitative estimate of drug-likeness (QED) is 0.611. The van der Waals surface area contributed by atoms with Crippen LogP contribution in [0.1, 0.15) is 6.42 Å². The highest BCUT2D eigenvalue weighted by atomic mass is 32.1.